The molecule has 4 nitrogen and oxygen atoms in total. The van der Waals surface area contributed by atoms with E-state index in [1.54, 1.807) is 12.1 Å². The van der Waals surface area contributed by atoms with Crippen molar-refractivity contribution < 1.29 is 4.79 Å². The molecule has 0 bridgehead atoms. The SMILES string of the molecule is CC1=C(C(=O)Nc2ccccc2C)[C@H](c2ccc(Cl)c(Cl)c2)NC(=S)N1. The van der Waals surface area contributed by atoms with Crippen molar-refractivity contribution in [3.63, 3.8) is 0 Å². The Balaban J connectivity index is 1.99. The molecule has 0 fully saturated rings. The van der Waals surface area contributed by atoms with E-state index in [9.17, 15) is 4.79 Å². The lowest BCUT2D eigenvalue weighted by atomic mass is 9.95. The fraction of sp³-hybridized carbons (Fsp3) is 0.158. The van der Waals surface area contributed by atoms with Crippen LogP contribution in [0.4, 0.5) is 5.69 Å². The molecule has 0 aromatic heterocycles. The number of hydrogen-bond acceptors (Lipinski definition) is 2. The number of halogens is 2. The van der Waals surface area contributed by atoms with Gasteiger partial charge in [0.15, 0.2) is 5.11 Å². The maximum absolute atomic E-state index is 13.0. The van der Waals surface area contributed by atoms with Gasteiger partial charge in [-0.25, -0.2) is 0 Å². The van der Waals surface area contributed by atoms with E-state index in [0.717, 1.165) is 16.8 Å². The minimum Gasteiger partial charge on any atom is -0.351 e. The number of aryl methyl sites for hydroxylation is 1. The zero-order chi connectivity index (χ0) is 18.8. The molecule has 0 saturated carbocycles. The van der Waals surface area contributed by atoms with E-state index < -0.39 is 6.04 Å². The molecule has 134 valence electrons. The summed E-state index contributed by atoms with van der Waals surface area (Å²) in [6.07, 6.45) is 0. The van der Waals surface area contributed by atoms with Crippen molar-refractivity contribution in [3.05, 3.63) is 74.9 Å². The normalized spacial score (nSPS) is 16.8. The Bertz CT molecular complexity index is 927. The first kappa shape index (κ1) is 18.7. The van der Waals surface area contributed by atoms with Gasteiger partial charge >= 0.3 is 0 Å². The van der Waals surface area contributed by atoms with Gasteiger partial charge in [-0.2, -0.15) is 0 Å². The van der Waals surface area contributed by atoms with Gasteiger partial charge in [0, 0.05) is 11.4 Å². The lowest BCUT2D eigenvalue weighted by Gasteiger charge is -2.30. The predicted octanol–water partition coefficient (Wildman–Crippen LogP) is 4.73. The zero-order valence-electron chi connectivity index (χ0n) is 14.2. The molecule has 0 unspecified atom stereocenters. The third-order valence-corrected chi connectivity index (χ3v) is 5.14. The molecule has 1 aliphatic rings. The van der Waals surface area contributed by atoms with Crippen molar-refractivity contribution in [3.8, 4) is 0 Å². The average Bonchev–Trinajstić information content (AvgIpc) is 2.58. The number of carbonyl (C=O) groups excluding carboxylic acids is 1. The molecule has 2 aromatic carbocycles. The molecule has 1 atom stereocenters. The second-order valence-corrected chi connectivity index (χ2v) is 7.24. The van der Waals surface area contributed by atoms with E-state index in [-0.39, 0.29) is 5.91 Å². The molecule has 0 spiro atoms. The molecule has 3 N–H and O–H groups in total. The van der Waals surface area contributed by atoms with Crippen molar-refractivity contribution in [2.24, 2.45) is 0 Å². The summed E-state index contributed by atoms with van der Waals surface area (Å²) in [5, 5.41) is 10.5. The third kappa shape index (κ3) is 3.85. The van der Waals surface area contributed by atoms with E-state index in [1.165, 1.54) is 0 Å². The van der Waals surface area contributed by atoms with Crippen molar-refractivity contribution in [1.29, 1.82) is 0 Å². The average molecular weight is 406 g/mol. The highest BCUT2D eigenvalue weighted by Crippen LogP contribution is 2.32. The summed E-state index contributed by atoms with van der Waals surface area (Å²) in [6.45, 7) is 3.77. The van der Waals surface area contributed by atoms with Crippen molar-refractivity contribution in [2.45, 2.75) is 19.9 Å². The van der Waals surface area contributed by atoms with Gasteiger partial charge in [-0.15, -0.1) is 0 Å². The summed E-state index contributed by atoms with van der Waals surface area (Å²) >= 11 is 17.4. The Morgan fingerprint density at radius 3 is 2.54 bits per heavy atom. The first-order valence-electron chi connectivity index (χ1n) is 7.97. The lowest BCUT2D eigenvalue weighted by Crippen LogP contribution is -2.45. The van der Waals surface area contributed by atoms with Crippen LogP contribution in [0, 0.1) is 6.92 Å². The molecule has 0 radical (unpaired) electrons. The summed E-state index contributed by atoms with van der Waals surface area (Å²) in [5.74, 6) is -0.213. The van der Waals surface area contributed by atoms with Gasteiger partial charge in [-0.05, 0) is 55.4 Å². The second-order valence-electron chi connectivity index (χ2n) is 6.01. The Labute approximate surface area is 167 Å². The predicted molar refractivity (Wildman–Crippen MR) is 111 cm³/mol. The van der Waals surface area contributed by atoms with Crippen LogP contribution in [0.15, 0.2) is 53.7 Å². The number of nitrogens with one attached hydrogen (secondary N) is 3. The summed E-state index contributed by atoms with van der Waals surface area (Å²) < 4.78 is 0. The van der Waals surface area contributed by atoms with Crippen molar-refractivity contribution in [1.82, 2.24) is 10.6 Å². The molecule has 0 aliphatic carbocycles. The fourth-order valence-corrected chi connectivity index (χ4v) is 3.42. The standard InChI is InChI=1S/C19H17Cl2N3OS/c1-10-5-3-4-6-15(10)23-18(25)16-11(2)22-19(26)24-17(16)12-7-8-13(20)14(21)9-12/h3-9,17H,1-2H3,(H,23,25)(H2,22,24,26)/t17-/m0/s1. The molecule has 2 aromatic rings. The molecule has 1 heterocycles. The quantitative estimate of drug-likeness (QED) is 0.645. The monoisotopic (exact) mass is 405 g/mol. The van der Waals surface area contributed by atoms with Crippen molar-refractivity contribution in [2.75, 3.05) is 5.32 Å². The molecule has 0 saturated heterocycles. The maximum atomic E-state index is 13.0. The van der Waals surface area contributed by atoms with Crippen molar-refractivity contribution >= 4 is 52.1 Å². The molecule has 26 heavy (non-hydrogen) atoms. The Kier molecular flexibility index (Phi) is 5.51. The molecular weight excluding hydrogens is 389 g/mol. The van der Waals surface area contributed by atoms with Gasteiger partial charge in [0.1, 0.15) is 0 Å². The highest BCUT2D eigenvalue weighted by Gasteiger charge is 2.30. The number of thiocarbonyl (C=S) groups is 1. The fourth-order valence-electron chi connectivity index (χ4n) is 2.84. The zero-order valence-corrected chi connectivity index (χ0v) is 16.5. The Morgan fingerprint density at radius 1 is 1.12 bits per heavy atom. The summed E-state index contributed by atoms with van der Waals surface area (Å²) in [6, 6.07) is 12.5. The second kappa shape index (κ2) is 7.66. The van der Waals surface area contributed by atoms with Gasteiger partial charge in [-0.1, -0.05) is 47.5 Å². The van der Waals surface area contributed by atoms with Crippen LogP contribution in [0.3, 0.4) is 0 Å². The highest BCUT2D eigenvalue weighted by atomic mass is 35.5. The van der Waals surface area contributed by atoms with Crippen LogP contribution in [0.1, 0.15) is 24.1 Å². The lowest BCUT2D eigenvalue weighted by molar-refractivity contribution is -0.113. The smallest absolute Gasteiger partial charge is 0.255 e. The number of carbonyl (C=O) groups is 1. The molecule has 7 heteroatoms. The minimum atomic E-state index is -0.428. The number of hydrogen-bond donors (Lipinski definition) is 3. The Morgan fingerprint density at radius 2 is 1.85 bits per heavy atom. The van der Waals surface area contributed by atoms with Crippen LogP contribution in [0.5, 0.6) is 0 Å². The van der Waals surface area contributed by atoms with Crippen LogP contribution in [0.2, 0.25) is 10.0 Å². The van der Waals surface area contributed by atoms with Crippen LogP contribution in [-0.4, -0.2) is 11.0 Å². The number of benzene rings is 2. The summed E-state index contributed by atoms with van der Waals surface area (Å²) in [7, 11) is 0. The number of anilines is 1. The largest absolute Gasteiger partial charge is 0.351 e. The van der Waals surface area contributed by atoms with Gasteiger partial charge in [0.05, 0.1) is 21.7 Å². The first-order chi connectivity index (χ1) is 12.4. The Hall–Kier alpha value is -2.08. The first-order valence-corrected chi connectivity index (χ1v) is 9.13. The van der Waals surface area contributed by atoms with Gasteiger partial charge in [0.2, 0.25) is 0 Å². The molecular formula is C19H17Cl2N3OS. The van der Waals surface area contributed by atoms with Crippen LogP contribution < -0.4 is 16.0 Å². The van der Waals surface area contributed by atoms with Crippen LogP contribution in [-0.2, 0) is 4.79 Å². The minimum absolute atomic E-state index is 0.213. The number of rotatable bonds is 3. The summed E-state index contributed by atoms with van der Waals surface area (Å²) in [4.78, 5) is 13.0. The maximum Gasteiger partial charge on any atom is 0.255 e. The third-order valence-electron chi connectivity index (χ3n) is 4.18. The van der Waals surface area contributed by atoms with Gasteiger partial charge in [-0.3, -0.25) is 4.79 Å². The molecule has 1 aliphatic heterocycles. The highest BCUT2D eigenvalue weighted by molar-refractivity contribution is 7.80. The number of para-hydroxylation sites is 1. The molecule has 3 rings (SSSR count). The number of amides is 1. The van der Waals surface area contributed by atoms with Crippen LogP contribution >= 0.6 is 35.4 Å². The van der Waals surface area contributed by atoms with Gasteiger partial charge in [0.25, 0.3) is 5.91 Å². The summed E-state index contributed by atoms with van der Waals surface area (Å²) in [5.41, 5.74) is 3.78. The van der Waals surface area contributed by atoms with E-state index in [4.69, 9.17) is 35.4 Å². The molecule has 1 amide bonds. The van der Waals surface area contributed by atoms with Gasteiger partial charge < -0.3 is 16.0 Å². The van der Waals surface area contributed by atoms with E-state index in [2.05, 4.69) is 16.0 Å². The number of allylic oxidation sites excluding steroid dienone is 1. The van der Waals surface area contributed by atoms with Crippen LogP contribution in [0.25, 0.3) is 0 Å². The van der Waals surface area contributed by atoms with E-state index in [1.807, 2.05) is 44.2 Å². The topological polar surface area (TPSA) is 53.2 Å². The van der Waals surface area contributed by atoms with E-state index in [0.29, 0.717) is 26.4 Å². The van der Waals surface area contributed by atoms with E-state index >= 15 is 0 Å².